The summed E-state index contributed by atoms with van der Waals surface area (Å²) in [5.41, 5.74) is 8.48. The molecule has 0 saturated heterocycles. The van der Waals surface area contributed by atoms with E-state index < -0.39 is 43.9 Å². The van der Waals surface area contributed by atoms with Gasteiger partial charge in [0.1, 0.15) is 5.82 Å². The first-order chi connectivity index (χ1) is 11.6. The first-order valence-corrected chi connectivity index (χ1v) is 9.90. The second-order valence-corrected chi connectivity index (χ2v) is 8.46. The molecule has 0 saturated carbocycles. The summed E-state index contributed by atoms with van der Waals surface area (Å²) in [7, 11) is -3.85. The Labute approximate surface area is 147 Å². The summed E-state index contributed by atoms with van der Waals surface area (Å²) in [6.45, 7) is 3.69. The largest absolute Gasteiger partial charge is 0.368 e. The lowest BCUT2D eigenvalue weighted by atomic mass is 9.91. The molecule has 25 heavy (non-hydrogen) atoms. The van der Waals surface area contributed by atoms with E-state index in [-0.39, 0.29) is 5.56 Å². The molecule has 0 spiro atoms. The van der Waals surface area contributed by atoms with Crippen LogP contribution in [0.2, 0.25) is 0 Å². The number of carbonyl (C=O) groups excluding carboxylic acids is 2. The minimum absolute atomic E-state index is 0.195. The average molecular weight is 372 g/mol. The number of hydrogen-bond acceptors (Lipinski definition) is 5. The number of ketones is 1. The molecular weight excluding hydrogens is 347 g/mol. The van der Waals surface area contributed by atoms with Gasteiger partial charge in [-0.05, 0) is 25.0 Å². The van der Waals surface area contributed by atoms with Crippen molar-refractivity contribution < 1.29 is 22.4 Å². The van der Waals surface area contributed by atoms with Crippen LogP contribution in [0.15, 0.2) is 24.3 Å². The lowest BCUT2D eigenvalue weighted by molar-refractivity contribution is -0.120. The van der Waals surface area contributed by atoms with E-state index in [1.807, 2.05) is 13.8 Å². The maximum Gasteiger partial charge on any atom is 0.246 e. The van der Waals surface area contributed by atoms with Crippen LogP contribution in [0.1, 0.15) is 49.9 Å². The predicted octanol–water partition coefficient (Wildman–Crippen LogP) is 1.57. The van der Waals surface area contributed by atoms with Gasteiger partial charge in [0.05, 0.1) is 11.0 Å². The Balaban J connectivity index is 3.25. The van der Waals surface area contributed by atoms with E-state index in [0.717, 1.165) is 12.1 Å². The summed E-state index contributed by atoms with van der Waals surface area (Å²) in [4.78, 5) is 24.5. The number of carbonyl (C=O) groups is 2. The van der Waals surface area contributed by atoms with Gasteiger partial charge < -0.3 is 11.5 Å². The van der Waals surface area contributed by atoms with Gasteiger partial charge in [0.2, 0.25) is 5.91 Å². The highest BCUT2D eigenvalue weighted by molar-refractivity contribution is 7.92. The third-order valence-electron chi connectivity index (χ3n) is 4.09. The number of hydrogen-bond donors (Lipinski definition) is 2. The number of primary amides is 1. The summed E-state index contributed by atoms with van der Waals surface area (Å²) in [6.07, 6.45) is 2.07. The summed E-state index contributed by atoms with van der Waals surface area (Å²) < 4.78 is 38.8. The molecule has 0 aliphatic rings. The molecule has 6 nitrogen and oxygen atoms in total. The van der Waals surface area contributed by atoms with Crippen LogP contribution in [0, 0.1) is 5.82 Å². The van der Waals surface area contributed by atoms with E-state index in [0.29, 0.717) is 25.7 Å². The monoisotopic (exact) mass is 372 g/mol. The third-order valence-corrected chi connectivity index (χ3v) is 6.43. The Morgan fingerprint density at radius 1 is 1.20 bits per heavy atom. The standard InChI is InChI=1S/C17H25FN2O4S/c1-3-6-14(7-4-2)25(23,24)11-17(20,16(19)22)15(21)12-8-5-9-13(18)10-12/h5,8-10,14H,3-4,6-7,11,20H2,1-2H3,(H2,19,22)/t17-/m0/s1. The van der Waals surface area contributed by atoms with Crippen LogP contribution in [0.5, 0.6) is 0 Å². The topological polar surface area (TPSA) is 120 Å². The van der Waals surface area contributed by atoms with Crippen molar-refractivity contribution in [2.24, 2.45) is 11.5 Å². The number of benzene rings is 1. The van der Waals surface area contributed by atoms with Crippen molar-refractivity contribution >= 4 is 21.5 Å². The van der Waals surface area contributed by atoms with E-state index in [9.17, 15) is 22.4 Å². The lowest BCUT2D eigenvalue weighted by Crippen LogP contribution is -2.63. The number of sulfone groups is 1. The number of rotatable bonds is 10. The molecule has 1 atom stereocenters. The molecule has 140 valence electrons. The van der Waals surface area contributed by atoms with E-state index in [1.54, 1.807) is 0 Å². The first-order valence-electron chi connectivity index (χ1n) is 8.19. The molecule has 0 aromatic heterocycles. The smallest absolute Gasteiger partial charge is 0.246 e. The van der Waals surface area contributed by atoms with E-state index in [2.05, 4.69) is 0 Å². The number of nitrogens with two attached hydrogens (primary N) is 2. The quantitative estimate of drug-likeness (QED) is 0.477. The van der Waals surface area contributed by atoms with Crippen LogP contribution >= 0.6 is 0 Å². The van der Waals surface area contributed by atoms with Gasteiger partial charge >= 0.3 is 0 Å². The van der Waals surface area contributed by atoms with Gasteiger partial charge in [-0.15, -0.1) is 0 Å². The molecule has 0 aliphatic carbocycles. The summed E-state index contributed by atoms with van der Waals surface area (Å²) >= 11 is 0. The SMILES string of the molecule is CCCC(CCC)S(=O)(=O)C[C@@](N)(C(N)=O)C(=O)c1cccc(F)c1. The van der Waals surface area contributed by atoms with Crippen molar-refractivity contribution in [3.05, 3.63) is 35.6 Å². The minimum Gasteiger partial charge on any atom is -0.368 e. The zero-order valence-electron chi connectivity index (χ0n) is 14.5. The second-order valence-electron chi connectivity index (χ2n) is 6.18. The molecule has 0 heterocycles. The molecule has 0 bridgehead atoms. The van der Waals surface area contributed by atoms with Crippen molar-refractivity contribution in [1.29, 1.82) is 0 Å². The molecule has 1 aromatic rings. The lowest BCUT2D eigenvalue weighted by Gasteiger charge is -2.27. The molecular formula is C17H25FN2O4S. The van der Waals surface area contributed by atoms with E-state index in [4.69, 9.17) is 11.5 Å². The van der Waals surface area contributed by atoms with E-state index in [1.165, 1.54) is 12.1 Å². The molecule has 0 aliphatic heterocycles. The highest BCUT2D eigenvalue weighted by atomic mass is 32.2. The fourth-order valence-corrected chi connectivity index (χ4v) is 5.05. The second kappa shape index (κ2) is 8.53. The van der Waals surface area contributed by atoms with Crippen LogP contribution in [0.3, 0.4) is 0 Å². The van der Waals surface area contributed by atoms with Crippen molar-refractivity contribution in [2.45, 2.75) is 50.3 Å². The molecule has 4 N–H and O–H groups in total. The summed E-state index contributed by atoms with van der Waals surface area (Å²) in [5.74, 6) is -3.85. The van der Waals surface area contributed by atoms with Gasteiger partial charge in [0.15, 0.2) is 21.2 Å². The molecule has 8 heteroatoms. The van der Waals surface area contributed by atoms with Gasteiger partial charge in [0, 0.05) is 5.56 Å². The zero-order valence-corrected chi connectivity index (χ0v) is 15.3. The molecule has 0 radical (unpaired) electrons. The molecule has 1 rings (SSSR count). The van der Waals surface area contributed by atoms with Crippen LogP contribution in [-0.2, 0) is 14.6 Å². The zero-order chi connectivity index (χ0) is 19.3. The van der Waals surface area contributed by atoms with Crippen molar-refractivity contribution in [1.82, 2.24) is 0 Å². The molecule has 0 unspecified atom stereocenters. The Hall–Kier alpha value is -1.80. The number of halogens is 1. The van der Waals surface area contributed by atoms with Gasteiger partial charge in [-0.25, -0.2) is 12.8 Å². The van der Waals surface area contributed by atoms with Gasteiger partial charge in [-0.3, -0.25) is 9.59 Å². The van der Waals surface area contributed by atoms with Crippen molar-refractivity contribution in [2.75, 3.05) is 5.75 Å². The fraction of sp³-hybridized carbons (Fsp3) is 0.529. The van der Waals surface area contributed by atoms with Crippen molar-refractivity contribution in [3.63, 3.8) is 0 Å². The van der Waals surface area contributed by atoms with E-state index >= 15 is 0 Å². The van der Waals surface area contributed by atoms with Crippen molar-refractivity contribution in [3.8, 4) is 0 Å². The number of amides is 1. The molecule has 0 fully saturated rings. The minimum atomic E-state index is -3.85. The fourth-order valence-electron chi connectivity index (χ4n) is 2.72. The Morgan fingerprint density at radius 2 is 1.76 bits per heavy atom. The average Bonchev–Trinajstić information content (AvgIpc) is 2.53. The first kappa shape index (κ1) is 21.2. The molecule has 1 amide bonds. The third kappa shape index (κ3) is 5.09. The van der Waals surface area contributed by atoms with Crippen LogP contribution in [-0.4, -0.2) is 36.6 Å². The maximum absolute atomic E-state index is 13.4. The summed E-state index contributed by atoms with van der Waals surface area (Å²) in [5, 5.41) is -0.704. The molecule has 1 aromatic carbocycles. The highest BCUT2D eigenvalue weighted by Crippen LogP contribution is 2.22. The highest BCUT2D eigenvalue weighted by Gasteiger charge is 2.46. The van der Waals surface area contributed by atoms with Gasteiger partial charge in [0.25, 0.3) is 0 Å². The maximum atomic E-state index is 13.4. The number of Topliss-reactive ketones (excluding diaryl/α,β-unsaturated/α-hetero) is 1. The Bertz CT molecular complexity index is 730. The summed E-state index contributed by atoms with van der Waals surface area (Å²) in [6, 6.07) is 4.55. The Morgan fingerprint density at radius 3 is 2.20 bits per heavy atom. The van der Waals surface area contributed by atoms with Gasteiger partial charge in [-0.2, -0.15) is 0 Å². The van der Waals surface area contributed by atoms with Gasteiger partial charge in [-0.1, -0.05) is 38.8 Å². The van der Waals surface area contributed by atoms with Crippen LogP contribution in [0.4, 0.5) is 4.39 Å². The van der Waals surface area contributed by atoms with Crippen LogP contribution < -0.4 is 11.5 Å². The van der Waals surface area contributed by atoms with Crippen LogP contribution in [0.25, 0.3) is 0 Å². The predicted molar refractivity (Wildman–Crippen MR) is 94.2 cm³/mol. The normalized spacial score (nSPS) is 14.3. The Kier molecular flexibility index (Phi) is 7.25.